The van der Waals surface area contributed by atoms with Crippen LogP contribution >= 0.6 is 11.6 Å². The fourth-order valence-electron chi connectivity index (χ4n) is 1.75. The molecule has 0 saturated heterocycles. The van der Waals surface area contributed by atoms with Crippen molar-refractivity contribution in [2.75, 3.05) is 6.54 Å². The summed E-state index contributed by atoms with van der Waals surface area (Å²) < 4.78 is 0. The fourth-order valence-corrected chi connectivity index (χ4v) is 1.96. The number of carboxylic acids is 1. The second-order valence-electron chi connectivity index (χ2n) is 5.35. The second kappa shape index (κ2) is 6.06. The van der Waals surface area contributed by atoms with Crippen LogP contribution in [0, 0.1) is 0 Å². The Morgan fingerprint density at radius 2 is 1.95 bits per heavy atom. The number of carboxylic acid groups (broad SMARTS) is 1. The summed E-state index contributed by atoms with van der Waals surface area (Å²) in [6.07, 6.45) is 0.144. The van der Waals surface area contributed by atoms with Crippen molar-refractivity contribution in [3.05, 3.63) is 34.9 Å². The monoisotopic (exact) mass is 283 g/mol. The molecule has 0 aromatic heterocycles. The van der Waals surface area contributed by atoms with Gasteiger partial charge >= 0.3 is 5.97 Å². The molecule has 0 atom stereocenters. The molecule has 0 heterocycles. The largest absolute Gasteiger partial charge is 0.480 e. The number of amides is 1. The van der Waals surface area contributed by atoms with Gasteiger partial charge in [-0.15, -0.1) is 0 Å². The third-order valence-corrected chi connectivity index (χ3v) is 2.88. The van der Waals surface area contributed by atoms with E-state index in [-0.39, 0.29) is 18.9 Å². The van der Waals surface area contributed by atoms with Crippen LogP contribution in [0.25, 0.3) is 0 Å². The van der Waals surface area contributed by atoms with E-state index < -0.39 is 11.5 Å². The molecule has 0 aliphatic heterocycles. The molecule has 0 saturated carbocycles. The molecule has 0 aliphatic carbocycles. The summed E-state index contributed by atoms with van der Waals surface area (Å²) in [6.45, 7) is 5.13. The molecule has 1 N–H and O–H groups in total. The van der Waals surface area contributed by atoms with Crippen molar-refractivity contribution >= 4 is 23.5 Å². The number of aliphatic carboxylic acids is 1. The van der Waals surface area contributed by atoms with Gasteiger partial charge in [-0.1, -0.05) is 23.7 Å². The Kier molecular flexibility index (Phi) is 4.95. The number of carbonyl (C=O) groups excluding carboxylic acids is 1. The van der Waals surface area contributed by atoms with Crippen molar-refractivity contribution in [1.82, 2.24) is 4.90 Å². The molecule has 0 bridgehead atoms. The Morgan fingerprint density at radius 1 is 1.32 bits per heavy atom. The quantitative estimate of drug-likeness (QED) is 0.924. The van der Waals surface area contributed by atoms with Gasteiger partial charge in [-0.05, 0) is 38.5 Å². The average Bonchev–Trinajstić information content (AvgIpc) is 2.24. The molecule has 1 aromatic rings. The molecular weight excluding hydrogens is 266 g/mol. The van der Waals surface area contributed by atoms with E-state index in [1.807, 2.05) is 20.8 Å². The van der Waals surface area contributed by atoms with Gasteiger partial charge in [-0.2, -0.15) is 0 Å². The first-order valence-corrected chi connectivity index (χ1v) is 6.34. The third-order valence-electron chi connectivity index (χ3n) is 2.65. The lowest BCUT2D eigenvalue weighted by Gasteiger charge is -2.34. The number of benzene rings is 1. The Labute approximate surface area is 118 Å². The maximum atomic E-state index is 12.2. The molecule has 0 unspecified atom stereocenters. The van der Waals surface area contributed by atoms with Crippen molar-refractivity contribution in [2.45, 2.75) is 32.7 Å². The highest BCUT2D eigenvalue weighted by Crippen LogP contribution is 2.17. The topological polar surface area (TPSA) is 57.6 Å². The van der Waals surface area contributed by atoms with Crippen molar-refractivity contribution < 1.29 is 14.7 Å². The van der Waals surface area contributed by atoms with E-state index >= 15 is 0 Å². The molecule has 0 fully saturated rings. The minimum Gasteiger partial charge on any atom is -0.480 e. The number of rotatable bonds is 4. The highest BCUT2D eigenvalue weighted by Gasteiger charge is 2.28. The van der Waals surface area contributed by atoms with E-state index in [0.29, 0.717) is 5.02 Å². The Balaban J connectivity index is 2.86. The van der Waals surface area contributed by atoms with E-state index in [4.69, 9.17) is 16.7 Å². The van der Waals surface area contributed by atoms with Crippen molar-refractivity contribution in [2.24, 2.45) is 0 Å². The molecule has 104 valence electrons. The molecule has 0 aliphatic rings. The smallest absolute Gasteiger partial charge is 0.323 e. The van der Waals surface area contributed by atoms with Crippen molar-refractivity contribution in [3.8, 4) is 0 Å². The van der Waals surface area contributed by atoms with Gasteiger partial charge in [0.05, 0.1) is 6.42 Å². The molecular formula is C14H18ClNO3. The summed E-state index contributed by atoms with van der Waals surface area (Å²) in [5.41, 5.74) is 0.241. The summed E-state index contributed by atoms with van der Waals surface area (Å²) in [5.74, 6) is -1.24. The average molecular weight is 284 g/mol. The highest BCUT2D eigenvalue weighted by molar-refractivity contribution is 6.30. The normalized spacial score (nSPS) is 11.2. The first-order chi connectivity index (χ1) is 8.70. The standard InChI is InChI=1S/C14H18ClNO3/c1-14(2,3)16(9-13(18)19)12(17)8-10-5-4-6-11(15)7-10/h4-7H,8-9H2,1-3H3,(H,18,19). The van der Waals surface area contributed by atoms with E-state index in [0.717, 1.165) is 5.56 Å². The first kappa shape index (κ1) is 15.5. The summed E-state index contributed by atoms with van der Waals surface area (Å²) in [6, 6.07) is 7.00. The van der Waals surface area contributed by atoms with Gasteiger partial charge in [-0.3, -0.25) is 9.59 Å². The van der Waals surface area contributed by atoms with Gasteiger partial charge in [0.1, 0.15) is 6.54 Å². The maximum Gasteiger partial charge on any atom is 0.323 e. The van der Waals surface area contributed by atoms with Crippen LogP contribution in [0.5, 0.6) is 0 Å². The van der Waals surface area contributed by atoms with Crippen LogP contribution in [-0.2, 0) is 16.0 Å². The lowest BCUT2D eigenvalue weighted by atomic mass is 10.0. The molecule has 0 spiro atoms. The summed E-state index contributed by atoms with van der Waals surface area (Å²) in [5, 5.41) is 9.45. The van der Waals surface area contributed by atoms with Crippen LogP contribution in [0.1, 0.15) is 26.3 Å². The number of hydrogen-bond donors (Lipinski definition) is 1. The Hall–Kier alpha value is -1.55. The van der Waals surface area contributed by atoms with Gasteiger partial charge in [0.25, 0.3) is 0 Å². The van der Waals surface area contributed by atoms with Crippen LogP contribution in [-0.4, -0.2) is 34.0 Å². The molecule has 4 nitrogen and oxygen atoms in total. The second-order valence-corrected chi connectivity index (χ2v) is 5.79. The summed E-state index contributed by atoms with van der Waals surface area (Å²) in [4.78, 5) is 24.4. The lowest BCUT2D eigenvalue weighted by Crippen LogP contribution is -2.48. The van der Waals surface area contributed by atoms with Crippen molar-refractivity contribution in [1.29, 1.82) is 0 Å². The predicted octanol–water partition coefficient (Wildman–Crippen LogP) is 2.59. The minimum atomic E-state index is -1.02. The zero-order chi connectivity index (χ0) is 14.6. The van der Waals surface area contributed by atoms with Crippen LogP contribution in [0.3, 0.4) is 0 Å². The van der Waals surface area contributed by atoms with Gasteiger partial charge in [-0.25, -0.2) is 0 Å². The zero-order valence-corrected chi connectivity index (χ0v) is 12.1. The minimum absolute atomic E-state index is 0.144. The van der Waals surface area contributed by atoms with E-state index in [1.54, 1.807) is 24.3 Å². The van der Waals surface area contributed by atoms with Gasteiger partial charge in [0, 0.05) is 10.6 Å². The summed E-state index contributed by atoms with van der Waals surface area (Å²) in [7, 11) is 0. The van der Waals surface area contributed by atoms with Gasteiger partial charge in [0.15, 0.2) is 0 Å². The van der Waals surface area contributed by atoms with Crippen LogP contribution < -0.4 is 0 Å². The predicted molar refractivity (Wildman–Crippen MR) is 74.3 cm³/mol. The van der Waals surface area contributed by atoms with Gasteiger partial charge in [0.2, 0.25) is 5.91 Å². The molecule has 19 heavy (non-hydrogen) atoms. The molecule has 1 rings (SSSR count). The summed E-state index contributed by atoms with van der Waals surface area (Å²) >= 11 is 5.86. The zero-order valence-electron chi connectivity index (χ0n) is 11.3. The molecule has 0 radical (unpaired) electrons. The third kappa shape index (κ3) is 4.91. The Bertz CT molecular complexity index is 480. The molecule has 1 aromatic carbocycles. The number of nitrogens with zero attached hydrogens (tertiary/aromatic N) is 1. The van der Waals surface area contributed by atoms with E-state index in [1.165, 1.54) is 4.90 Å². The number of carbonyl (C=O) groups is 2. The molecule has 1 amide bonds. The van der Waals surface area contributed by atoms with Crippen LogP contribution in [0.15, 0.2) is 24.3 Å². The highest BCUT2D eigenvalue weighted by atomic mass is 35.5. The Morgan fingerprint density at radius 3 is 2.42 bits per heavy atom. The van der Waals surface area contributed by atoms with Crippen LogP contribution in [0.2, 0.25) is 5.02 Å². The SMILES string of the molecule is CC(C)(C)N(CC(=O)O)C(=O)Cc1cccc(Cl)c1. The molecule has 5 heteroatoms. The van der Waals surface area contributed by atoms with E-state index in [2.05, 4.69) is 0 Å². The fraction of sp³-hybridized carbons (Fsp3) is 0.429. The van der Waals surface area contributed by atoms with Crippen molar-refractivity contribution in [3.63, 3.8) is 0 Å². The van der Waals surface area contributed by atoms with Crippen LogP contribution in [0.4, 0.5) is 0 Å². The number of halogens is 1. The van der Waals surface area contributed by atoms with Gasteiger partial charge < -0.3 is 10.0 Å². The first-order valence-electron chi connectivity index (χ1n) is 5.97. The maximum absolute atomic E-state index is 12.2. The number of hydrogen-bond acceptors (Lipinski definition) is 2. The van der Waals surface area contributed by atoms with E-state index in [9.17, 15) is 9.59 Å². The lowest BCUT2D eigenvalue weighted by molar-refractivity contribution is -0.147.